The lowest BCUT2D eigenvalue weighted by molar-refractivity contribution is -0.133. The molecular formula is C17H23N9O. The summed E-state index contributed by atoms with van der Waals surface area (Å²) in [5.41, 5.74) is 1.78. The Balaban J connectivity index is 1.48. The Kier molecular flexibility index (Phi) is 4.48. The average Bonchev–Trinajstić information content (AvgIpc) is 3.30. The molecule has 1 saturated heterocycles. The van der Waals surface area contributed by atoms with Crippen molar-refractivity contribution in [2.24, 2.45) is 7.05 Å². The summed E-state index contributed by atoms with van der Waals surface area (Å²) in [5, 5.41) is 11.6. The fourth-order valence-corrected chi connectivity index (χ4v) is 3.50. The molecule has 1 aliphatic rings. The highest BCUT2D eigenvalue weighted by Gasteiger charge is 2.29. The first-order valence-electron chi connectivity index (χ1n) is 8.94. The molecule has 1 fully saturated rings. The maximum Gasteiger partial charge on any atom is 0.254 e. The molecule has 0 radical (unpaired) electrons. The van der Waals surface area contributed by atoms with Crippen LogP contribution in [0.1, 0.15) is 17.3 Å². The summed E-state index contributed by atoms with van der Waals surface area (Å²) >= 11 is 0. The maximum absolute atomic E-state index is 13.0. The number of aromatic nitrogens is 6. The molecule has 3 aromatic rings. The number of nitrogens with zero attached hydrogens (tertiary/aromatic N) is 8. The molecule has 10 nitrogen and oxygen atoms in total. The van der Waals surface area contributed by atoms with Crippen LogP contribution in [0.5, 0.6) is 0 Å². The lowest BCUT2D eigenvalue weighted by atomic mass is 10.1. The van der Waals surface area contributed by atoms with E-state index >= 15 is 0 Å². The average molecular weight is 369 g/mol. The molecule has 0 aliphatic carbocycles. The Morgan fingerprint density at radius 2 is 2.00 bits per heavy atom. The first kappa shape index (κ1) is 17.4. The fourth-order valence-electron chi connectivity index (χ4n) is 3.50. The lowest BCUT2D eigenvalue weighted by Crippen LogP contribution is -2.51. The number of likely N-dealkylation sites (N-methyl/N-ethyl adjacent to an activating group) is 1. The number of nitrogens with one attached hydrogen (secondary N) is 1. The van der Waals surface area contributed by atoms with Gasteiger partial charge in [-0.1, -0.05) is 0 Å². The zero-order valence-corrected chi connectivity index (χ0v) is 15.7. The van der Waals surface area contributed by atoms with Crippen LogP contribution in [-0.2, 0) is 11.8 Å². The van der Waals surface area contributed by atoms with Crippen molar-refractivity contribution in [3.8, 4) is 0 Å². The zero-order valence-electron chi connectivity index (χ0n) is 15.7. The Morgan fingerprint density at radius 1 is 1.22 bits per heavy atom. The highest BCUT2D eigenvalue weighted by molar-refractivity contribution is 5.83. The van der Waals surface area contributed by atoms with Crippen LogP contribution in [0.3, 0.4) is 0 Å². The molecule has 0 aromatic carbocycles. The van der Waals surface area contributed by atoms with Crippen molar-refractivity contribution in [3.63, 3.8) is 0 Å². The van der Waals surface area contributed by atoms with E-state index in [1.807, 2.05) is 31.1 Å². The number of rotatable bonds is 4. The van der Waals surface area contributed by atoms with Gasteiger partial charge < -0.3 is 15.1 Å². The van der Waals surface area contributed by atoms with Crippen molar-refractivity contribution in [2.75, 3.05) is 38.1 Å². The van der Waals surface area contributed by atoms with Crippen molar-refractivity contribution >= 4 is 17.5 Å². The summed E-state index contributed by atoms with van der Waals surface area (Å²) in [7, 11) is 3.65. The Labute approximate surface area is 156 Å². The van der Waals surface area contributed by atoms with E-state index in [-0.39, 0.29) is 11.9 Å². The molecule has 10 heteroatoms. The van der Waals surface area contributed by atoms with Crippen molar-refractivity contribution in [3.05, 3.63) is 36.0 Å². The fraction of sp³-hybridized carbons (Fsp3) is 0.471. The van der Waals surface area contributed by atoms with Gasteiger partial charge in [0.05, 0.1) is 6.20 Å². The summed E-state index contributed by atoms with van der Waals surface area (Å²) in [6.07, 6.45) is 5.11. The van der Waals surface area contributed by atoms with Gasteiger partial charge in [-0.15, -0.1) is 0 Å². The summed E-state index contributed by atoms with van der Waals surface area (Å²) in [4.78, 5) is 25.7. The number of carbonyl (C=O) groups excluding carboxylic acids is 1. The normalized spacial score (nSPS) is 16.1. The number of carbonyl (C=O) groups is 1. The van der Waals surface area contributed by atoms with Gasteiger partial charge in [0, 0.05) is 56.7 Å². The molecular weight excluding hydrogens is 346 g/mol. The molecule has 142 valence electrons. The number of piperazine rings is 1. The van der Waals surface area contributed by atoms with Gasteiger partial charge in [0.25, 0.3) is 5.78 Å². The van der Waals surface area contributed by atoms with Gasteiger partial charge in [0.15, 0.2) is 0 Å². The second kappa shape index (κ2) is 6.95. The van der Waals surface area contributed by atoms with E-state index in [4.69, 9.17) is 0 Å². The van der Waals surface area contributed by atoms with Crippen LogP contribution in [0.25, 0.3) is 5.78 Å². The molecule has 4 rings (SSSR count). The van der Waals surface area contributed by atoms with Crippen molar-refractivity contribution < 1.29 is 4.79 Å². The molecule has 1 unspecified atom stereocenters. The van der Waals surface area contributed by atoms with E-state index in [0.29, 0.717) is 18.9 Å². The lowest BCUT2D eigenvalue weighted by Gasteiger charge is -2.37. The van der Waals surface area contributed by atoms with Crippen molar-refractivity contribution in [1.29, 1.82) is 0 Å². The van der Waals surface area contributed by atoms with Gasteiger partial charge >= 0.3 is 0 Å². The Morgan fingerprint density at radius 3 is 2.67 bits per heavy atom. The van der Waals surface area contributed by atoms with Crippen LogP contribution >= 0.6 is 0 Å². The predicted octanol–water partition coefficient (Wildman–Crippen LogP) is -0.224. The molecule has 1 atom stereocenters. The third-order valence-electron chi connectivity index (χ3n) is 4.87. The SMILES string of the molecule is CNC(C(=O)N1CCN(c2cc(C)nc3ncnn23)CC1)c1cnn(C)c1. The first-order valence-corrected chi connectivity index (χ1v) is 8.94. The highest BCUT2D eigenvalue weighted by Crippen LogP contribution is 2.20. The summed E-state index contributed by atoms with van der Waals surface area (Å²) in [6, 6.07) is 1.63. The number of amides is 1. The van der Waals surface area contributed by atoms with Crippen molar-refractivity contribution in [2.45, 2.75) is 13.0 Å². The van der Waals surface area contributed by atoms with E-state index < -0.39 is 0 Å². The summed E-state index contributed by atoms with van der Waals surface area (Å²) in [5.74, 6) is 1.62. The largest absolute Gasteiger partial charge is 0.353 e. The molecule has 27 heavy (non-hydrogen) atoms. The van der Waals surface area contributed by atoms with Gasteiger partial charge in [-0.3, -0.25) is 9.48 Å². The second-order valence-corrected chi connectivity index (χ2v) is 6.71. The molecule has 1 amide bonds. The molecule has 1 aliphatic heterocycles. The number of hydrogen-bond acceptors (Lipinski definition) is 7. The quantitative estimate of drug-likeness (QED) is 0.679. The molecule has 3 aromatic heterocycles. The predicted molar refractivity (Wildman–Crippen MR) is 99.3 cm³/mol. The highest BCUT2D eigenvalue weighted by atomic mass is 16.2. The third kappa shape index (κ3) is 3.23. The van der Waals surface area contributed by atoms with Crippen LogP contribution < -0.4 is 10.2 Å². The van der Waals surface area contributed by atoms with E-state index in [9.17, 15) is 4.79 Å². The van der Waals surface area contributed by atoms with Crippen molar-refractivity contribution in [1.82, 2.24) is 39.6 Å². The third-order valence-corrected chi connectivity index (χ3v) is 4.87. The van der Waals surface area contributed by atoms with Crippen LogP contribution in [-0.4, -0.2) is 73.4 Å². The zero-order chi connectivity index (χ0) is 19.0. The summed E-state index contributed by atoms with van der Waals surface area (Å²) < 4.78 is 3.45. The van der Waals surface area contributed by atoms with E-state index in [2.05, 4.69) is 30.4 Å². The Hall–Kier alpha value is -3.01. The molecule has 1 N–H and O–H groups in total. The molecule has 0 spiro atoms. The molecule has 4 heterocycles. The maximum atomic E-state index is 13.0. The topological polar surface area (TPSA) is 96.5 Å². The number of aryl methyl sites for hydroxylation is 2. The Bertz CT molecular complexity index is 954. The first-order chi connectivity index (χ1) is 13.1. The number of anilines is 1. The van der Waals surface area contributed by atoms with E-state index in [1.165, 1.54) is 6.33 Å². The van der Waals surface area contributed by atoms with E-state index in [0.717, 1.165) is 30.2 Å². The monoisotopic (exact) mass is 369 g/mol. The van der Waals surface area contributed by atoms with Crippen LogP contribution in [0, 0.1) is 6.92 Å². The van der Waals surface area contributed by atoms with Crippen LogP contribution in [0.15, 0.2) is 24.8 Å². The van der Waals surface area contributed by atoms with Crippen LogP contribution in [0.2, 0.25) is 0 Å². The van der Waals surface area contributed by atoms with Gasteiger partial charge in [0.1, 0.15) is 18.2 Å². The van der Waals surface area contributed by atoms with Crippen LogP contribution in [0.4, 0.5) is 5.82 Å². The number of hydrogen-bond donors (Lipinski definition) is 1. The second-order valence-electron chi connectivity index (χ2n) is 6.71. The summed E-state index contributed by atoms with van der Waals surface area (Å²) in [6.45, 7) is 4.70. The minimum atomic E-state index is -0.379. The standard InChI is InChI=1S/C17H23N9O/c1-12-8-14(26-17(22-12)19-11-21-26)24-4-6-25(7-5-24)16(27)15(18-2)13-9-20-23(3)10-13/h8-11,15,18H,4-7H2,1-3H3. The van der Waals surface area contributed by atoms with Gasteiger partial charge in [-0.05, 0) is 14.0 Å². The number of fused-ring (bicyclic) bond motifs is 1. The van der Waals surface area contributed by atoms with Gasteiger partial charge in [-0.2, -0.15) is 19.7 Å². The smallest absolute Gasteiger partial charge is 0.254 e. The molecule has 0 saturated carbocycles. The van der Waals surface area contributed by atoms with Gasteiger partial charge in [-0.25, -0.2) is 4.98 Å². The minimum absolute atomic E-state index is 0.0713. The molecule has 0 bridgehead atoms. The van der Waals surface area contributed by atoms with E-state index in [1.54, 1.807) is 22.4 Å². The minimum Gasteiger partial charge on any atom is -0.353 e. The van der Waals surface area contributed by atoms with Gasteiger partial charge in [0.2, 0.25) is 5.91 Å².